The molecule has 1 aromatic heterocycles. The van der Waals surface area contributed by atoms with E-state index >= 15 is 0 Å². The summed E-state index contributed by atoms with van der Waals surface area (Å²) < 4.78 is 6.82. The number of carbonyl (C=O) groups excluding carboxylic acids is 2. The molecule has 0 radical (unpaired) electrons. The van der Waals surface area contributed by atoms with Gasteiger partial charge >= 0.3 is 5.97 Å². The van der Waals surface area contributed by atoms with Crippen LogP contribution in [0.2, 0.25) is 5.02 Å². The van der Waals surface area contributed by atoms with E-state index in [1.807, 2.05) is 48.5 Å². The second-order valence-corrected chi connectivity index (χ2v) is 7.92. The van der Waals surface area contributed by atoms with Gasteiger partial charge in [-0.3, -0.25) is 9.59 Å². The molecule has 7 heteroatoms. The number of rotatable bonds is 5. The zero-order chi connectivity index (χ0) is 21.8. The predicted octanol–water partition coefficient (Wildman–Crippen LogP) is 4.61. The van der Waals surface area contributed by atoms with Crippen molar-refractivity contribution in [2.24, 2.45) is 5.92 Å². The van der Waals surface area contributed by atoms with Gasteiger partial charge in [-0.15, -0.1) is 0 Å². The first-order valence-electron chi connectivity index (χ1n) is 10.4. The van der Waals surface area contributed by atoms with E-state index in [0.717, 1.165) is 11.3 Å². The number of esters is 1. The number of ether oxygens (including phenoxy) is 1. The minimum atomic E-state index is -0.172. The molecule has 0 atom stereocenters. The second kappa shape index (κ2) is 9.35. The van der Waals surface area contributed by atoms with Gasteiger partial charge in [-0.1, -0.05) is 41.9 Å². The minimum Gasteiger partial charge on any atom is -0.466 e. The average Bonchev–Trinajstić information content (AvgIpc) is 3.25. The van der Waals surface area contributed by atoms with Gasteiger partial charge in [0.15, 0.2) is 0 Å². The van der Waals surface area contributed by atoms with Gasteiger partial charge in [-0.2, -0.15) is 5.10 Å². The molecule has 31 heavy (non-hydrogen) atoms. The Hall–Kier alpha value is -3.12. The molecule has 1 aliphatic heterocycles. The summed E-state index contributed by atoms with van der Waals surface area (Å²) in [5.41, 5.74) is 2.89. The van der Waals surface area contributed by atoms with Crippen molar-refractivity contribution in [2.75, 3.05) is 19.7 Å². The van der Waals surface area contributed by atoms with Crippen LogP contribution in [0, 0.1) is 5.92 Å². The fraction of sp³-hybridized carbons (Fsp3) is 0.292. The Bertz CT molecular complexity index is 1060. The fourth-order valence-corrected chi connectivity index (χ4v) is 3.93. The zero-order valence-electron chi connectivity index (χ0n) is 17.3. The number of piperidine rings is 1. The summed E-state index contributed by atoms with van der Waals surface area (Å²) in [6, 6.07) is 18.8. The molecule has 6 nitrogen and oxygen atoms in total. The van der Waals surface area contributed by atoms with E-state index in [0.29, 0.717) is 48.9 Å². The monoisotopic (exact) mass is 437 g/mol. The fourth-order valence-electron chi connectivity index (χ4n) is 3.80. The lowest BCUT2D eigenvalue weighted by molar-refractivity contribution is -0.149. The summed E-state index contributed by atoms with van der Waals surface area (Å²) in [5, 5.41) is 5.36. The maximum atomic E-state index is 13.4. The van der Waals surface area contributed by atoms with Gasteiger partial charge in [0, 0.05) is 23.7 Å². The van der Waals surface area contributed by atoms with Crippen molar-refractivity contribution in [1.29, 1.82) is 0 Å². The van der Waals surface area contributed by atoms with Crippen LogP contribution in [0.25, 0.3) is 16.9 Å². The molecule has 2 aromatic carbocycles. The molecule has 0 saturated carbocycles. The molecule has 2 heterocycles. The van der Waals surface area contributed by atoms with Crippen LogP contribution in [0.1, 0.15) is 30.3 Å². The minimum absolute atomic E-state index is 0.0983. The first kappa shape index (κ1) is 21.1. The van der Waals surface area contributed by atoms with Crippen LogP contribution in [0.4, 0.5) is 0 Å². The second-order valence-electron chi connectivity index (χ2n) is 7.49. The molecule has 0 spiro atoms. The van der Waals surface area contributed by atoms with Crippen LogP contribution in [-0.2, 0) is 9.53 Å². The molecule has 3 aromatic rings. The number of hydrogen-bond donors (Lipinski definition) is 0. The van der Waals surface area contributed by atoms with E-state index in [9.17, 15) is 9.59 Å². The van der Waals surface area contributed by atoms with Crippen LogP contribution in [0.5, 0.6) is 0 Å². The molecule has 1 fully saturated rings. The van der Waals surface area contributed by atoms with E-state index < -0.39 is 0 Å². The quantitative estimate of drug-likeness (QED) is 0.547. The maximum absolute atomic E-state index is 13.4. The Morgan fingerprint density at radius 2 is 1.74 bits per heavy atom. The van der Waals surface area contributed by atoms with E-state index in [4.69, 9.17) is 21.4 Å². The molecule has 160 valence electrons. The molecule has 0 aliphatic carbocycles. The molecule has 0 N–H and O–H groups in total. The summed E-state index contributed by atoms with van der Waals surface area (Å²) in [6.45, 7) is 3.21. The third-order valence-electron chi connectivity index (χ3n) is 5.47. The highest BCUT2D eigenvalue weighted by atomic mass is 35.5. The van der Waals surface area contributed by atoms with Gasteiger partial charge < -0.3 is 9.64 Å². The summed E-state index contributed by atoms with van der Waals surface area (Å²) >= 11 is 6.02. The summed E-state index contributed by atoms with van der Waals surface area (Å²) in [5.74, 6) is -0.416. The van der Waals surface area contributed by atoms with Crippen molar-refractivity contribution in [3.05, 3.63) is 71.4 Å². The number of aromatic nitrogens is 2. The number of hydrogen-bond acceptors (Lipinski definition) is 4. The molecule has 0 bridgehead atoms. The molecule has 1 aliphatic rings. The van der Waals surface area contributed by atoms with E-state index in [1.54, 1.807) is 28.6 Å². The van der Waals surface area contributed by atoms with Gasteiger partial charge in [-0.25, -0.2) is 4.68 Å². The first-order valence-corrected chi connectivity index (χ1v) is 10.8. The highest BCUT2D eigenvalue weighted by molar-refractivity contribution is 6.30. The molecule has 4 rings (SSSR count). The average molecular weight is 438 g/mol. The number of amides is 1. The highest BCUT2D eigenvalue weighted by Crippen LogP contribution is 2.26. The Morgan fingerprint density at radius 3 is 2.39 bits per heavy atom. The normalized spacial score (nSPS) is 14.5. The Balaban J connectivity index is 1.61. The zero-order valence-corrected chi connectivity index (χ0v) is 18.1. The number of halogens is 1. The lowest BCUT2D eigenvalue weighted by atomic mass is 9.97. The summed E-state index contributed by atoms with van der Waals surface area (Å²) in [6.07, 6.45) is 1.21. The van der Waals surface area contributed by atoms with Crippen molar-refractivity contribution in [2.45, 2.75) is 19.8 Å². The Morgan fingerprint density at radius 1 is 1.06 bits per heavy atom. The molecule has 0 unspecified atom stereocenters. The van der Waals surface area contributed by atoms with Gasteiger partial charge in [0.2, 0.25) is 0 Å². The van der Waals surface area contributed by atoms with Crippen LogP contribution < -0.4 is 0 Å². The largest absolute Gasteiger partial charge is 0.466 e. The third-order valence-corrected chi connectivity index (χ3v) is 5.72. The van der Waals surface area contributed by atoms with E-state index in [2.05, 4.69) is 0 Å². The number of nitrogens with zero attached hydrogens (tertiary/aromatic N) is 3. The van der Waals surface area contributed by atoms with Crippen molar-refractivity contribution >= 4 is 23.5 Å². The van der Waals surface area contributed by atoms with Crippen LogP contribution in [-0.4, -0.2) is 46.3 Å². The van der Waals surface area contributed by atoms with Crippen LogP contribution in [0.15, 0.2) is 60.7 Å². The van der Waals surface area contributed by atoms with Crippen molar-refractivity contribution in [3.63, 3.8) is 0 Å². The number of benzene rings is 2. The topological polar surface area (TPSA) is 64.4 Å². The lowest BCUT2D eigenvalue weighted by Crippen LogP contribution is -2.41. The molecular formula is C24H24ClN3O3. The lowest BCUT2D eigenvalue weighted by Gasteiger charge is -2.30. The maximum Gasteiger partial charge on any atom is 0.309 e. The SMILES string of the molecule is CCOC(=O)C1CCN(C(=O)c2cc(-c3ccc(Cl)cc3)nn2-c2ccccc2)CC1. The highest BCUT2D eigenvalue weighted by Gasteiger charge is 2.30. The Labute approximate surface area is 186 Å². The van der Waals surface area contributed by atoms with E-state index in [-0.39, 0.29) is 17.8 Å². The van der Waals surface area contributed by atoms with Gasteiger partial charge in [-0.05, 0) is 50.1 Å². The Kier molecular flexibility index (Phi) is 6.37. The van der Waals surface area contributed by atoms with Crippen molar-refractivity contribution < 1.29 is 14.3 Å². The van der Waals surface area contributed by atoms with Crippen LogP contribution in [0.3, 0.4) is 0 Å². The molecular weight excluding hydrogens is 414 g/mol. The van der Waals surface area contributed by atoms with Crippen LogP contribution >= 0.6 is 11.6 Å². The standard InChI is InChI=1S/C24H24ClN3O3/c1-2-31-24(30)18-12-14-27(15-13-18)23(29)22-16-21(17-8-10-19(25)11-9-17)26-28(22)20-6-4-3-5-7-20/h3-11,16,18H,2,12-15H2,1H3. The third kappa shape index (κ3) is 4.64. The van der Waals surface area contributed by atoms with Gasteiger partial charge in [0.05, 0.1) is 23.9 Å². The molecule has 1 amide bonds. The summed E-state index contributed by atoms with van der Waals surface area (Å²) in [7, 11) is 0. The smallest absolute Gasteiger partial charge is 0.309 e. The number of likely N-dealkylation sites (tertiary alicyclic amines) is 1. The summed E-state index contributed by atoms with van der Waals surface area (Å²) in [4.78, 5) is 27.2. The molecule has 1 saturated heterocycles. The van der Waals surface area contributed by atoms with Crippen molar-refractivity contribution in [3.8, 4) is 16.9 Å². The predicted molar refractivity (Wildman–Crippen MR) is 119 cm³/mol. The number of para-hydroxylation sites is 1. The van der Waals surface area contributed by atoms with Gasteiger partial charge in [0.25, 0.3) is 5.91 Å². The first-order chi connectivity index (χ1) is 15.1. The van der Waals surface area contributed by atoms with Gasteiger partial charge in [0.1, 0.15) is 5.69 Å². The number of carbonyl (C=O) groups is 2. The van der Waals surface area contributed by atoms with Crippen molar-refractivity contribution in [1.82, 2.24) is 14.7 Å². The van der Waals surface area contributed by atoms with E-state index in [1.165, 1.54) is 0 Å².